The van der Waals surface area contributed by atoms with Gasteiger partial charge in [-0.3, -0.25) is 0 Å². The second-order valence-corrected chi connectivity index (χ2v) is 7.10. The van der Waals surface area contributed by atoms with Gasteiger partial charge >= 0.3 is 0 Å². The summed E-state index contributed by atoms with van der Waals surface area (Å²) in [5.74, 6) is -0.0137. The van der Waals surface area contributed by atoms with Crippen LogP contribution >= 0.6 is 0 Å². The van der Waals surface area contributed by atoms with Gasteiger partial charge in [0, 0.05) is 30.9 Å². The van der Waals surface area contributed by atoms with Crippen LogP contribution in [0.4, 0.5) is 5.69 Å². The summed E-state index contributed by atoms with van der Waals surface area (Å²) in [6.45, 7) is 3.14. The lowest BCUT2D eigenvalue weighted by Crippen LogP contribution is -2.35. The number of nitrogens with one attached hydrogen (secondary N) is 2. The number of phenols is 1. The Balaban J connectivity index is 1.84. The van der Waals surface area contributed by atoms with E-state index in [1.807, 2.05) is 37.3 Å². The quantitative estimate of drug-likeness (QED) is 0.550. The monoisotopic (exact) mass is 348 g/mol. The SMILES string of the molecule is CC(CNc1ccccc1)NCC(O)c1ccc(O)c([S+](C)[O-])c1. The number of hydrogen-bond acceptors (Lipinski definition) is 5. The summed E-state index contributed by atoms with van der Waals surface area (Å²) in [5, 5.41) is 26.6. The molecular weight excluding hydrogens is 324 g/mol. The van der Waals surface area contributed by atoms with Crippen molar-refractivity contribution >= 4 is 16.9 Å². The zero-order valence-corrected chi connectivity index (χ0v) is 14.7. The van der Waals surface area contributed by atoms with Gasteiger partial charge < -0.3 is 25.4 Å². The van der Waals surface area contributed by atoms with Crippen LogP contribution in [0.2, 0.25) is 0 Å². The summed E-state index contributed by atoms with van der Waals surface area (Å²) in [6, 6.07) is 14.8. The second kappa shape index (κ2) is 8.94. The number of phenolic OH excluding ortho intramolecular Hbond substituents is 1. The van der Waals surface area contributed by atoms with Crippen molar-refractivity contribution in [1.82, 2.24) is 5.32 Å². The second-order valence-electron chi connectivity index (χ2n) is 5.75. The molecule has 24 heavy (non-hydrogen) atoms. The van der Waals surface area contributed by atoms with E-state index < -0.39 is 17.3 Å². The lowest BCUT2D eigenvalue weighted by molar-refractivity contribution is 0.171. The van der Waals surface area contributed by atoms with Gasteiger partial charge in [0.05, 0.1) is 6.10 Å². The van der Waals surface area contributed by atoms with Crippen LogP contribution in [0.15, 0.2) is 53.4 Å². The summed E-state index contributed by atoms with van der Waals surface area (Å²) in [7, 11) is 0. The fourth-order valence-electron chi connectivity index (χ4n) is 2.30. The fraction of sp³-hybridized carbons (Fsp3) is 0.333. The van der Waals surface area contributed by atoms with Crippen LogP contribution in [-0.4, -0.2) is 40.2 Å². The maximum Gasteiger partial charge on any atom is 0.194 e. The van der Waals surface area contributed by atoms with Crippen molar-refractivity contribution in [2.75, 3.05) is 24.7 Å². The fourth-order valence-corrected chi connectivity index (χ4v) is 2.96. The molecule has 0 saturated heterocycles. The highest BCUT2D eigenvalue weighted by molar-refractivity contribution is 7.90. The molecule has 0 bridgehead atoms. The highest BCUT2D eigenvalue weighted by Gasteiger charge is 2.16. The number of para-hydroxylation sites is 1. The van der Waals surface area contributed by atoms with Gasteiger partial charge in [0.2, 0.25) is 0 Å². The Morgan fingerprint density at radius 3 is 2.50 bits per heavy atom. The minimum absolute atomic E-state index is 0.0137. The molecule has 0 amide bonds. The number of aliphatic hydroxyl groups excluding tert-OH is 1. The molecule has 0 aliphatic rings. The standard InChI is InChI=1S/C18H24N2O3S/c1-13(11-20-15-6-4-3-5-7-15)19-12-17(22)14-8-9-16(21)18(10-14)24(2)23/h3-10,13,17,19-22H,11-12H2,1-2H3. The van der Waals surface area contributed by atoms with Crippen molar-refractivity contribution in [1.29, 1.82) is 0 Å². The van der Waals surface area contributed by atoms with Crippen LogP contribution in [0, 0.1) is 0 Å². The van der Waals surface area contributed by atoms with Crippen molar-refractivity contribution in [3.63, 3.8) is 0 Å². The Morgan fingerprint density at radius 2 is 1.83 bits per heavy atom. The molecule has 0 aliphatic heterocycles. The predicted octanol–water partition coefficient (Wildman–Crippen LogP) is 2.25. The van der Waals surface area contributed by atoms with Crippen LogP contribution in [0.1, 0.15) is 18.6 Å². The third kappa shape index (κ3) is 5.42. The number of aromatic hydroxyl groups is 1. The van der Waals surface area contributed by atoms with Gasteiger partial charge in [-0.25, -0.2) is 0 Å². The van der Waals surface area contributed by atoms with Crippen molar-refractivity contribution < 1.29 is 14.8 Å². The highest BCUT2D eigenvalue weighted by Crippen LogP contribution is 2.26. The molecule has 0 radical (unpaired) electrons. The van der Waals surface area contributed by atoms with E-state index in [9.17, 15) is 14.8 Å². The Hall–Kier alpha value is -1.73. The molecule has 5 nitrogen and oxygen atoms in total. The summed E-state index contributed by atoms with van der Waals surface area (Å²) < 4.78 is 11.6. The molecule has 6 heteroatoms. The average Bonchev–Trinajstić information content (AvgIpc) is 2.59. The Morgan fingerprint density at radius 1 is 1.12 bits per heavy atom. The zero-order valence-electron chi connectivity index (χ0n) is 13.9. The Labute approximate surface area is 145 Å². The smallest absolute Gasteiger partial charge is 0.194 e. The summed E-state index contributed by atoms with van der Waals surface area (Å²) in [5.41, 5.74) is 1.69. The van der Waals surface area contributed by atoms with E-state index in [2.05, 4.69) is 10.6 Å². The van der Waals surface area contributed by atoms with Crippen LogP contribution in [0.25, 0.3) is 0 Å². The number of hydrogen-bond donors (Lipinski definition) is 4. The third-order valence-corrected chi connectivity index (χ3v) is 4.67. The average molecular weight is 348 g/mol. The predicted molar refractivity (Wildman–Crippen MR) is 97.8 cm³/mol. The van der Waals surface area contributed by atoms with Gasteiger partial charge in [-0.05, 0) is 41.9 Å². The molecule has 0 saturated carbocycles. The topological polar surface area (TPSA) is 87.6 Å². The van der Waals surface area contributed by atoms with Gasteiger partial charge in [-0.2, -0.15) is 0 Å². The molecule has 3 unspecified atom stereocenters. The van der Waals surface area contributed by atoms with Crippen LogP contribution in [0.5, 0.6) is 5.75 Å². The maximum absolute atomic E-state index is 11.6. The largest absolute Gasteiger partial charge is 0.612 e. The summed E-state index contributed by atoms with van der Waals surface area (Å²) in [6.07, 6.45) is 0.771. The molecule has 4 N–H and O–H groups in total. The first-order chi connectivity index (χ1) is 11.5. The van der Waals surface area contributed by atoms with Crippen molar-refractivity contribution in [2.24, 2.45) is 0 Å². The summed E-state index contributed by atoms with van der Waals surface area (Å²) >= 11 is -1.30. The Kier molecular flexibility index (Phi) is 6.93. The first-order valence-electron chi connectivity index (χ1n) is 7.84. The first-order valence-corrected chi connectivity index (χ1v) is 9.40. The van der Waals surface area contributed by atoms with Crippen LogP contribution < -0.4 is 10.6 Å². The van der Waals surface area contributed by atoms with Crippen LogP contribution in [-0.2, 0) is 11.2 Å². The minimum atomic E-state index is -1.30. The molecular formula is C18H24N2O3S. The highest BCUT2D eigenvalue weighted by atomic mass is 32.2. The summed E-state index contributed by atoms with van der Waals surface area (Å²) in [4.78, 5) is 0.338. The van der Waals surface area contributed by atoms with E-state index in [1.54, 1.807) is 12.1 Å². The Bertz CT molecular complexity index is 637. The van der Waals surface area contributed by atoms with E-state index in [-0.39, 0.29) is 11.8 Å². The normalized spacial score (nSPS) is 14.8. The van der Waals surface area contributed by atoms with E-state index in [4.69, 9.17) is 0 Å². The lowest BCUT2D eigenvalue weighted by atomic mass is 10.1. The number of rotatable bonds is 8. The number of anilines is 1. The molecule has 2 rings (SSSR count). The van der Waals surface area contributed by atoms with Gasteiger partial charge in [-0.15, -0.1) is 0 Å². The van der Waals surface area contributed by atoms with Crippen LogP contribution in [0.3, 0.4) is 0 Å². The van der Waals surface area contributed by atoms with Gasteiger partial charge in [0.15, 0.2) is 10.6 Å². The van der Waals surface area contributed by atoms with Gasteiger partial charge in [0.1, 0.15) is 6.26 Å². The van der Waals surface area contributed by atoms with Gasteiger partial charge in [-0.1, -0.05) is 24.3 Å². The number of benzene rings is 2. The molecule has 0 aliphatic carbocycles. The van der Waals surface area contributed by atoms with Crippen molar-refractivity contribution in [3.05, 3.63) is 54.1 Å². The van der Waals surface area contributed by atoms with E-state index >= 15 is 0 Å². The molecule has 0 heterocycles. The third-order valence-electron chi connectivity index (χ3n) is 3.72. The van der Waals surface area contributed by atoms with E-state index in [0.29, 0.717) is 17.0 Å². The molecule has 2 aromatic carbocycles. The molecule has 0 aromatic heterocycles. The maximum atomic E-state index is 11.6. The lowest BCUT2D eigenvalue weighted by Gasteiger charge is -2.19. The van der Waals surface area contributed by atoms with Gasteiger partial charge in [0.25, 0.3) is 0 Å². The number of aliphatic hydroxyl groups is 1. The minimum Gasteiger partial charge on any atom is -0.612 e. The first kappa shape index (κ1) is 18.6. The molecule has 130 valence electrons. The van der Waals surface area contributed by atoms with Crippen molar-refractivity contribution in [2.45, 2.75) is 24.0 Å². The molecule has 0 spiro atoms. The molecule has 2 aromatic rings. The van der Waals surface area contributed by atoms with E-state index in [1.165, 1.54) is 12.3 Å². The molecule has 3 atom stereocenters. The van der Waals surface area contributed by atoms with E-state index in [0.717, 1.165) is 12.2 Å². The van der Waals surface area contributed by atoms with Crippen molar-refractivity contribution in [3.8, 4) is 5.75 Å². The molecule has 0 fully saturated rings. The zero-order chi connectivity index (χ0) is 17.5.